The number of rotatable bonds is 9. The molecule has 0 bridgehead atoms. The lowest BCUT2D eigenvalue weighted by atomic mass is 10.2. The van der Waals surface area contributed by atoms with Gasteiger partial charge in [-0.25, -0.2) is 4.98 Å². The number of carbonyl (C=O) groups is 1. The Labute approximate surface area is 122 Å². The molecule has 1 aromatic rings. The monoisotopic (exact) mass is 297 g/mol. The van der Waals surface area contributed by atoms with Crippen LogP contribution in [0.4, 0.5) is 0 Å². The van der Waals surface area contributed by atoms with Crippen molar-refractivity contribution in [2.24, 2.45) is 5.73 Å². The quantitative estimate of drug-likeness (QED) is 0.562. The highest BCUT2D eigenvalue weighted by molar-refractivity contribution is 6.76. The fourth-order valence-corrected chi connectivity index (χ4v) is 2.52. The Morgan fingerprint density at radius 1 is 1.45 bits per heavy atom. The van der Waals surface area contributed by atoms with Gasteiger partial charge in [0.15, 0.2) is 0 Å². The van der Waals surface area contributed by atoms with Gasteiger partial charge in [0.1, 0.15) is 18.2 Å². The van der Waals surface area contributed by atoms with Crippen molar-refractivity contribution in [1.29, 1.82) is 0 Å². The largest absolute Gasteiger partial charge is 0.364 e. The number of nitrogens with two attached hydrogens (primary N) is 1. The molecule has 6 heteroatoms. The molecule has 1 amide bonds. The Hall–Kier alpha value is -1.14. The minimum atomic E-state index is -1.07. The minimum absolute atomic E-state index is 0.324. The van der Waals surface area contributed by atoms with Crippen molar-refractivity contribution < 1.29 is 9.53 Å². The van der Waals surface area contributed by atoms with Gasteiger partial charge in [0.05, 0.1) is 0 Å². The summed E-state index contributed by atoms with van der Waals surface area (Å²) in [5.74, 6) is 0.400. The fraction of sp³-hybridized carbons (Fsp3) is 0.714. The molecule has 0 aromatic carbocycles. The number of amides is 1. The maximum Gasteiger partial charge on any atom is 0.268 e. The summed E-state index contributed by atoms with van der Waals surface area (Å²) in [7, 11) is -1.07. The highest BCUT2D eigenvalue weighted by Crippen LogP contribution is 2.10. The summed E-state index contributed by atoms with van der Waals surface area (Å²) < 4.78 is 7.62. The summed E-state index contributed by atoms with van der Waals surface area (Å²) in [5.41, 5.74) is 5.61. The predicted molar refractivity (Wildman–Crippen MR) is 83.5 cm³/mol. The van der Waals surface area contributed by atoms with Crippen molar-refractivity contribution in [3.05, 3.63) is 17.7 Å². The second-order valence-electron chi connectivity index (χ2n) is 6.33. The number of hydrogen-bond donors (Lipinski definition) is 1. The molecule has 1 aromatic heterocycles. The van der Waals surface area contributed by atoms with Gasteiger partial charge in [0.25, 0.3) is 5.91 Å². The van der Waals surface area contributed by atoms with Crippen LogP contribution in [0.3, 0.4) is 0 Å². The molecule has 0 spiro atoms. The molecule has 0 saturated carbocycles. The van der Waals surface area contributed by atoms with Crippen molar-refractivity contribution in [1.82, 2.24) is 9.55 Å². The number of primary amides is 1. The lowest BCUT2D eigenvalue weighted by Crippen LogP contribution is -2.22. The van der Waals surface area contributed by atoms with Gasteiger partial charge in [0.2, 0.25) is 0 Å². The molecule has 1 rings (SSSR count). The van der Waals surface area contributed by atoms with Crippen LogP contribution in [-0.4, -0.2) is 30.1 Å². The average Bonchev–Trinajstić information content (AvgIpc) is 2.74. The molecule has 5 nitrogen and oxygen atoms in total. The molecular weight excluding hydrogens is 270 g/mol. The number of nitrogens with zero attached hydrogens (tertiary/aromatic N) is 2. The van der Waals surface area contributed by atoms with Gasteiger partial charge < -0.3 is 15.0 Å². The number of aromatic nitrogens is 2. The number of carbonyl (C=O) groups excluding carboxylic acids is 1. The van der Waals surface area contributed by atoms with E-state index in [4.69, 9.17) is 10.5 Å². The number of unbranched alkanes of at least 4 members (excludes halogenated alkanes) is 1. The molecule has 20 heavy (non-hydrogen) atoms. The zero-order valence-corrected chi connectivity index (χ0v) is 14.1. The van der Waals surface area contributed by atoms with Crippen LogP contribution in [0.5, 0.6) is 0 Å². The van der Waals surface area contributed by atoms with Crippen LogP contribution in [0.15, 0.2) is 6.20 Å². The van der Waals surface area contributed by atoms with Crippen LogP contribution in [0.25, 0.3) is 0 Å². The lowest BCUT2D eigenvalue weighted by molar-refractivity contribution is 0.0849. The molecule has 1 heterocycles. The van der Waals surface area contributed by atoms with Crippen LogP contribution < -0.4 is 5.73 Å². The molecule has 0 atom stereocenters. The van der Waals surface area contributed by atoms with Gasteiger partial charge in [-0.15, -0.1) is 0 Å². The van der Waals surface area contributed by atoms with Gasteiger partial charge in [-0.3, -0.25) is 4.79 Å². The fourth-order valence-electron chi connectivity index (χ4n) is 1.76. The molecule has 0 aliphatic heterocycles. The van der Waals surface area contributed by atoms with Gasteiger partial charge in [-0.1, -0.05) is 33.0 Å². The molecule has 0 aliphatic carbocycles. The molecule has 2 N–H and O–H groups in total. The first kappa shape index (κ1) is 16.9. The number of imidazole rings is 1. The molecule has 114 valence electrons. The van der Waals surface area contributed by atoms with Gasteiger partial charge in [0, 0.05) is 27.3 Å². The lowest BCUT2D eigenvalue weighted by Gasteiger charge is -2.16. The van der Waals surface area contributed by atoms with Crippen molar-refractivity contribution in [3.8, 4) is 0 Å². The first-order chi connectivity index (χ1) is 9.33. The molecule has 0 unspecified atom stereocenters. The van der Waals surface area contributed by atoms with E-state index < -0.39 is 14.0 Å². The summed E-state index contributed by atoms with van der Waals surface area (Å²) in [6, 6.07) is 1.13. The normalized spacial score (nSPS) is 11.8. The standard InChI is InChI=1S/C14H27N3O2Si/c1-5-6-7-13-16-12(14(15)18)10-17(13)11-19-8-9-20(2,3)4/h10H,5-9,11H2,1-4H3,(H2,15,18). The van der Waals surface area contributed by atoms with Crippen molar-refractivity contribution >= 4 is 14.0 Å². The second-order valence-corrected chi connectivity index (χ2v) is 11.9. The zero-order chi connectivity index (χ0) is 15.2. The Morgan fingerprint density at radius 3 is 2.70 bits per heavy atom. The maximum atomic E-state index is 11.2. The second kappa shape index (κ2) is 7.59. The smallest absolute Gasteiger partial charge is 0.268 e. The van der Waals surface area contributed by atoms with E-state index in [-0.39, 0.29) is 0 Å². The Balaban J connectivity index is 2.60. The molecule has 0 radical (unpaired) electrons. The van der Waals surface area contributed by atoms with E-state index in [1.165, 1.54) is 0 Å². The van der Waals surface area contributed by atoms with E-state index in [1.54, 1.807) is 6.20 Å². The highest BCUT2D eigenvalue weighted by atomic mass is 28.3. The van der Waals surface area contributed by atoms with Crippen molar-refractivity contribution in [2.75, 3.05) is 6.61 Å². The molecule has 0 aliphatic rings. The number of ether oxygens (including phenoxy) is 1. The highest BCUT2D eigenvalue weighted by Gasteiger charge is 2.14. The molecule has 0 saturated heterocycles. The molecular formula is C14H27N3O2Si. The number of aryl methyl sites for hydroxylation is 1. The van der Waals surface area contributed by atoms with E-state index in [2.05, 4.69) is 31.5 Å². The van der Waals surface area contributed by atoms with Crippen molar-refractivity contribution in [3.63, 3.8) is 0 Å². The summed E-state index contributed by atoms with van der Waals surface area (Å²) in [6.07, 6.45) is 4.68. The van der Waals surface area contributed by atoms with Crippen LogP contribution in [0, 0.1) is 0 Å². The van der Waals surface area contributed by atoms with E-state index in [1.807, 2.05) is 4.57 Å². The van der Waals surface area contributed by atoms with E-state index in [0.717, 1.165) is 37.7 Å². The third-order valence-corrected chi connectivity index (χ3v) is 4.80. The third-order valence-electron chi connectivity index (χ3n) is 3.09. The third kappa shape index (κ3) is 5.88. The molecule has 0 fully saturated rings. The summed E-state index contributed by atoms with van der Waals surface area (Å²) >= 11 is 0. The average molecular weight is 297 g/mol. The van der Waals surface area contributed by atoms with Crippen molar-refractivity contribution in [2.45, 2.75) is 58.6 Å². The van der Waals surface area contributed by atoms with E-state index in [9.17, 15) is 4.79 Å². The summed E-state index contributed by atoms with van der Waals surface area (Å²) in [5, 5.41) is 0. The topological polar surface area (TPSA) is 70.1 Å². The Morgan fingerprint density at radius 2 is 2.15 bits per heavy atom. The van der Waals surface area contributed by atoms with Crippen LogP contribution in [0.2, 0.25) is 25.7 Å². The predicted octanol–water partition coefficient (Wildman–Crippen LogP) is 2.64. The van der Waals surface area contributed by atoms with E-state index >= 15 is 0 Å². The first-order valence-corrected chi connectivity index (χ1v) is 11.0. The van der Waals surface area contributed by atoms with Gasteiger partial charge in [-0.05, 0) is 12.5 Å². The minimum Gasteiger partial charge on any atom is -0.364 e. The van der Waals surface area contributed by atoms with Crippen LogP contribution in [-0.2, 0) is 17.9 Å². The summed E-state index contributed by atoms with van der Waals surface area (Å²) in [4.78, 5) is 15.5. The maximum absolute atomic E-state index is 11.2. The Bertz CT molecular complexity index is 438. The van der Waals surface area contributed by atoms with Crippen LogP contribution in [0.1, 0.15) is 36.1 Å². The van der Waals surface area contributed by atoms with Gasteiger partial charge >= 0.3 is 0 Å². The zero-order valence-electron chi connectivity index (χ0n) is 13.1. The number of hydrogen-bond acceptors (Lipinski definition) is 3. The Kier molecular flexibility index (Phi) is 6.42. The summed E-state index contributed by atoms with van der Waals surface area (Å²) in [6.45, 7) is 10.3. The SMILES string of the molecule is CCCCc1nc(C(N)=O)cn1COCC[Si](C)(C)C. The van der Waals surface area contributed by atoms with Crippen LogP contribution >= 0.6 is 0 Å². The van der Waals surface area contributed by atoms with Gasteiger partial charge in [-0.2, -0.15) is 0 Å². The van der Waals surface area contributed by atoms with E-state index in [0.29, 0.717) is 12.4 Å². The first-order valence-electron chi connectivity index (χ1n) is 7.27.